The van der Waals surface area contributed by atoms with E-state index in [9.17, 15) is 32.8 Å². The number of benzene rings is 2. The number of fused-ring (bicyclic) bond motifs is 4. The molecule has 5 amide bonds. The van der Waals surface area contributed by atoms with Gasteiger partial charge in [0.1, 0.15) is 17.4 Å². The molecule has 3 atom stereocenters. The van der Waals surface area contributed by atoms with E-state index in [1.165, 1.54) is 21.6 Å². The quantitative estimate of drug-likeness (QED) is 0.169. The summed E-state index contributed by atoms with van der Waals surface area (Å²) in [5.74, 6) is -1.32. The molecule has 2 bridgehead atoms. The number of halogens is 2. The number of carbonyl (C=O) groups is 5. The molecule has 0 radical (unpaired) electrons. The molecule has 330 valence electrons. The average molecular weight is 873 g/mol. The van der Waals surface area contributed by atoms with Crippen LogP contribution >= 0.6 is 0 Å². The summed E-state index contributed by atoms with van der Waals surface area (Å²) in [5, 5.41) is 13.3. The lowest BCUT2D eigenvalue weighted by atomic mass is 9.56. The van der Waals surface area contributed by atoms with Crippen LogP contribution in [-0.2, 0) is 27.3 Å². The van der Waals surface area contributed by atoms with E-state index in [0.29, 0.717) is 52.6 Å². The van der Waals surface area contributed by atoms with Crippen LogP contribution in [0.1, 0.15) is 106 Å². The van der Waals surface area contributed by atoms with E-state index in [4.69, 9.17) is 9.72 Å². The molecular formula is C46H46F2N10O6. The molecule has 3 aromatic heterocycles. The Hall–Kier alpha value is -6.40. The van der Waals surface area contributed by atoms with Crippen molar-refractivity contribution in [3.05, 3.63) is 101 Å². The third kappa shape index (κ3) is 7.12. The first-order chi connectivity index (χ1) is 31.0. The van der Waals surface area contributed by atoms with Crippen LogP contribution in [-0.4, -0.2) is 108 Å². The number of piperidine rings is 2. The number of morpholine rings is 1. The second-order valence-electron chi connectivity index (χ2n) is 18.3. The van der Waals surface area contributed by atoms with Crippen molar-refractivity contribution in [2.75, 3.05) is 36.5 Å². The second kappa shape index (κ2) is 15.7. The normalized spacial score (nSPS) is 23.1. The maximum atomic E-state index is 14.3. The summed E-state index contributed by atoms with van der Waals surface area (Å²) >= 11 is 0. The van der Waals surface area contributed by atoms with Crippen molar-refractivity contribution in [3.8, 4) is 5.69 Å². The van der Waals surface area contributed by atoms with E-state index in [-0.39, 0.29) is 36.2 Å². The highest BCUT2D eigenvalue weighted by molar-refractivity contribution is 6.24. The largest absolute Gasteiger partial charge is 0.374 e. The summed E-state index contributed by atoms with van der Waals surface area (Å²) < 4.78 is 37.1. The molecule has 1 unspecified atom stereocenters. The molecule has 5 aliphatic heterocycles. The Morgan fingerprint density at radius 1 is 1.02 bits per heavy atom. The number of ether oxygens (including phenoxy) is 1. The van der Waals surface area contributed by atoms with Crippen LogP contribution in [0, 0.1) is 11.3 Å². The fraction of sp³-hybridized carbons (Fsp3) is 0.435. The molecule has 1 saturated carbocycles. The summed E-state index contributed by atoms with van der Waals surface area (Å²) in [6, 6.07) is 14.1. The number of anilines is 2. The zero-order chi connectivity index (χ0) is 43.9. The van der Waals surface area contributed by atoms with Gasteiger partial charge in [0.25, 0.3) is 24.1 Å². The SMILES string of the molecule is O=C1CCC(N2C(=O)c3cccc(CCC4CC5(CCN(Cc6ccc(-n7cc(NC(=O)c8cnn9ccc(N%10C[C@H]%11C[C@@H]%10CO%11)nc89)c(C(F)F)n7)cc6)CC5)C4)c3C2=O)C(=O)N1. The van der Waals surface area contributed by atoms with E-state index < -0.39 is 47.7 Å². The number of hydrogen-bond donors (Lipinski definition) is 2. The van der Waals surface area contributed by atoms with Gasteiger partial charge in [-0.05, 0) is 111 Å². The Bertz CT molecular complexity index is 2720. The molecule has 5 fully saturated rings. The summed E-state index contributed by atoms with van der Waals surface area (Å²) in [7, 11) is 0. The van der Waals surface area contributed by atoms with Gasteiger partial charge < -0.3 is 15.0 Å². The molecule has 2 N–H and O–H groups in total. The van der Waals surface area contributed by atoms with Crippen molar-refractivity contribution in [1.82, 2.24) is 39.5 Å². The minimum atomic E-state index is -2.92. The van der Waals surface area contributed by atoms with Gasteiger partial charge in [0.2, 0.25) is 11.8 Å². The van der Waals surface area contributed by atoms with Crippen LogP contribution in [0.2, 0.25) is 0 Å². The summed E-state index contributed by atoms with van der Waals surface area (Å²) in [6.07, 6.45) is 8.93. The first-order valence-corrected chi connectivity index (χ1v) is 22.1. The van der Waals surface area contributed by atoms with Crippen LogP contribution in [0.3, 0.4) is 0 Å². The first-order valence-electron chi connectivity index (χ1n) is 22.1. The minimum absolute atomic E-state index is 0.0843. The number of alkyl halides is 2. The Morgan fingerprint density at radius 3 is 2.56 bits per heavy atom. The zero-order valence-electron chi connectivity index (χ0n) is 34.9. The summed E-state index contributed by atoms with van der Waals surface area (Å²) in [4.78, 5) is 74.9. The summed E-state index contributed by atoms with van der Waals surface area (Å²) in [5.41, 5.74) is 3.37. The Balaban J connectivity index is 0.677. The highest BCUT2D eigenvalue weighted by Crippen LogP contribution is 2.54. The topological polar surface area (TPSA) is 176 Å². The fourth-order valence-electron chi connectivity index (χ4n) is 11.0. The van der Waals surface area contributed by atoms with Gasteiger partial charge in [0, 0.05) is 25.7 Å². The number of nitrogens with zero attached hydrogens (tertiary/aromatic N) is 8. The predicted octanol–water partition coefficient (Wildman–Crippen LogP) is 5.11. The molecule has 64 heavy (non-hydrogen) atoms. The van der Waals surface area contributed by atoms with Crippen LogP contribution in [0.15, 0.2) is 67.1 Å². The third-order valence-electron chi connectivity index (χ3n) is 14.3. The second-order valence-corrected chi connectivity index (χ2v) is 18.3. The lowest BCUT2D eigenvalue weighted by molar-refractivity contribution is -0.136. The molecule has 4 saturated heterocycles. The van der Waals surface area contributed by atoms with Crippen molar-refractivity contribution < 1.29 is 37.5 Å². The Morgan fingerprint density at radius 2 is 1.83 bits per heavy atom. The van der Waals surface area contributed by atoms with Crippen LogP contribution in [0.25, 0.3) is 11.3 Å². The van der Waals surface area contributed by atoms with E-state index >= 15 is 0 Å². The van der Waals surface area contributed by atoms with Crippen molar-refractivity contribution >= 4 is 46.7 Å². The lowest BCUT2D eigenvalue weighted by Crippen LogP contribution is -2.54. The van der Waals surface area contributed by atoms with Crippen LogP contribution in [0.5, 0.6) is 0 Å². The van der Waals surface area contributed by atoms with Gasteiger partial charge >= 0.3 is 0 Å². The number of hydrogen-bond acceptors (Lipinski definition) is 11. The number of imide groups is 2. The maximum absolute atomic E-state index is 14.3. The van der Waals surface area contributed by atoms with E-state index in [1.54, 1.807) is 18.3 Å². The zero-order valence-corrected chi connectivity index (χ0v) is 34.9. The molecule has 11 rings (SSSR count). The molecule has 1 spiro atoms. The number of aromatic nitrogens is 5. The average Bonchev–Trinajstić information content (AvgIpc) is 4.13. The number of amides is 5. The van der Waals surface area contributed by atoms with Gasteiger partial charge in [-0.15, -0.1) is 0 Å². The van der Waals surface area contributed by atoms with Gasteiger partial charge in [0.05, 0.1) is 53.6 Å². The van der Waals surface area contributed by atoms with Crippen molar-refractivity contribution in [3.63, 3.8) is 0 Å². The molecule has 1 aliphatic carbocycles. The molecule has 5 aromatic rings. The minimum Gasteiger partial charge on any atom is -0.374 e. The molecule has 16 nitrogen and oxygen atoms in total. The van der Waals surface area contributed by atoms with Crippen LogP contribution < -0.4 is 15.5 Å². The predicted molar refractivity (Wildman–Crippen MR) is 226 cm³/mol. The number of nitrogens with one attached hydrogen (secondary N) is 2. The molecule has 8 heterocycles. The van der Waals surface area contributed by atoms with Gasteiger partial charge in [-0.2, -0.15) is 10.2 Å². The summed E-state index contributed by atoms with van der Waals surface area (Å²) in [6.45, 7) is 4.04. The number of rotatable bonds is 11. The molecule has 18 heteroatoms. The molecule has 2 aromatic carbocycles. The standard InChI is InChI=1S/C46H46F2N10O6/c47-40(48)39-34(50-42(60)33-21-49-56-15-12-36(51-41(33)56)55-23-31-18-30(55)25-64-31)24-57(53-39)29-8-5-26(6-9-29)22-54-16-13-46(14-17-54)19-27(20-46)4-7-28-2-1-3-32-38(28)45(63)58(44(32)62)35-10-11-37(59)52-43(35)61/h1-3,5-6,8-9,12,15,21,24,27,30-31,35,40H,4,7,10-11,13-14,16-20,22-23,25H2,(H,50,60)(H,52,59,61)/t30-,31-,35?/m1/s1. The monoisotopic (exact) mass is 872 g/mol. The Labute approximate surface area is 365 Å². The maximum Gasteiger partial charge on any atom is 0.284 e. The van der Waals surface area contributed by atoms with Gasteiger partial charge in [-0.25, -0.2) is 23.0 Å². The smallest absolute Gasteiger partial charge is 0.284 e. The highest BCUT2D eigenvalue weighted by atomic mass is 19.3. The molecular weight excluding hydrogens is 827 g/mol. The Kier molecular flexibility index (Phi) is 9.90. The van der Waals surface area contributed by atoms with Crippen LogP contribution in [0.4, 0.5) is 20.3 Å². The van der Waals surface area contributed by atoms with Crippen molar-refractivity contribution in [2.24, 2.45) is 11.3 Å². The van der Waals surface area contributed by atoms with E-state index in [0.717, 1.165) is 80.7 Å². The first kappa shape index (κ1) is 40.4. The number of carbonyl (C=O) groups excluding carboxylic acids is 5. The van der Waals surface area contributed by atoms with E-state index in [1.807, 2.05) is 36.4 Å². The number of aryl methyl sites for hydroxylation is 1. The third-order valence-corrected chi connectivity index (χ3v) is 14.3. The van der Waals surface area contributed by atoms with Gasteiger partial charge in [0.15, 0.2) is 11.3 Å². The van der Waals surface area contributed by atoms with Gasteiger partial charge in [-0.1, -0.05) is 24.3 Å². The van der Waals surface area contributed by atoms with E-state index in [2.05, 4.69) is 30.6 Å². The van der Waals surface area contributed by atoms with Gasteiger partial charge in [-0.3, -0.25) is 39.1 Å². The lowest BCUT2D eigenvalue weighted by Gasteiger charge is -2.52. The van der Waals surface area contributed by atoms with Crippen molar-refractivity contribution in [1.29, 1.82) is 0 Å². The fourth-order valence-corrected chi connectivity index (χ4v) is 11.0. The van der Waals surface area contributed by atoms with Crippen molar-refractivity contribution in [2.45, 2.75) is 88.9 Å². The molecule has 6 aliphatic rings. The highest BCUT2D eigenvalue weighted by Gasteiger charge is 2.47. The number of likely N-dealkylation sites (tertiary alicyclic amines) is 1.